The zero-order valence-electron chi connectivity index (χ0n) is 24.9. The maximum absolute atomic E-state index is 13.5. The summed E-state index contributed by atoms with van der Waals surface area (Å²) in [5.41, 5.74) is 0.983. The summed E-state index contributed by atoms with van der Waals surface area (Å²) >= 11 is 0. The lowest BCUT2D eigenvalue weighted by atomic mass is 10.0. The van der Waals surface area contributed by atoms with E-state index in [-0.39, 0.29) is 68.7 Å². The molecule has 0 bridgehead atoms. The second-order valence-electron chi connectivity index (χ2n) is 10.6. The van der Waals surface area contributed by atoms with Crippen LogP contribution in [0.25, 0.3) is 0 Å². The Hall–Kier alpha value is -5.06. The van der Waals surface area contributed by atoms with Gasteiger partial charge in [-0.05, 0) is 48.4 Å². The molecule has 4 amide bonds. The van der Waals surface area contributed by atoms with Gasteiger partial charge in [0.15, 0.2) is 0 Å². The number of hydrogen-bond donors (Lipinski definition) is 3. The van der Waals surface area contributed by atoms with Crippen LogP contribution in [0.2, 0.25) is 0 Å². The highest BCUT2D eigenvalue weighted by Crippen LogP contribution is 2.19. The standard InChI is InChI=1S/C33H38N4O7/c1-36(18-20-43-25-8-4-3-5-9-25)32(41)27-16-17-30(39)34-28(22-23-12-14-24(38)15-13-23)33(42)37(2)19-21-44-29-11-7-6-10-26(29)31(40)35-27/h3-15,27-28,38H,16-22H2,1-2H3,(H,34,39)(H,35,40)/t27-,28-/m0/s1. The monoisotopic (exact) mass is 602 g/mol. The van der Waals surface area contributed by atoms with Crippen molar-refractivity contribution < 1.29 is 33.8 Å². The first-order valence-electron chi connectivity index (χ1n) is 14.5. The normalized spacial score (nSPS) is 18.0. The maximum Gasteiger partial charge on any atom is 0.255 e. The Bertz CT molecular complexity index is 1430. The van der Waals surface area contributed by atoms with Gasteiger partial charge in [-0.2, -0.15) is 0 Å². The van der Waals surface area contributed by atoms with Gasteiger partial charge in [0.25, 0.3) is 5.91 Å². The minimum Gasteiger partial charge on any atom is -0.508 e. The fraction of sp³-hybridized carbons (Fsp3) is 0.333. The summed E-state index contributed by atoms with van der Waals surface area (Å²) in [5.74, 6) is -0.588. The molecule has 3 aromatic carbocycles. The van der Waals surface area contributed by atoms with Crippen molar-refractivity contribution in [3.05, 3.63) is 90.0 Å². The highest BCUT2D eigenvalue weighted by molar-refractivity contribution is 5.99. The lowest BCUT2D eigenvalue weighted by molar-refractivity contribution is -0.136. The fourth-order valence-corrected chi connectivity index (χ4v) is 4.75. The molecular formula is C33H38N4O7. The summed E-state index contributed by atoms with van der Waals surface area (Å²) in [6.07, 6.45) is 0.0770. The first-order valence-corrected chi connectivity index (χ1v) is 14.5. The van der Waals surface area contributed by atoms with E-state index in [1.165, 1.54) is 21.9 Å². The molecule has 0 fully saturated rings. The van der Waals surface area contributed by atoms with Gasteiger partial charge in [0.2, 0.25) is 17.7 Å². The molecule has 11 heteroatoms. The van der Waals surface area contributed by atoms with Crippen molar-refractivity contribution in [3.63, 3.8) is 0 Å². The number of phenolic OH excluding ortho intramolecular Hbond substituents is 1. The molecule has 2 atom stereocenters. The molecule has 0 saturated heterocycles. The van der Waals surface area contributed by atoms with E-state index in [9.17, 15) is 24.3 Å². The van der Waals surface area contributed by atoms with E-state index in [1.54, 1.807) is 50.5 Å². The molecule has 1 heterocycles. The number of aromatic hydroxyl groups is 1. The number of nitrogens with one attached hydrogen (secondary N) is 2. The molecular weight excluding hydrogens is 564 g/mol. The van der Waals surface area contributed by atoms with Crippen molar-refractivity contribution in [3.8, 4) is 17.2 Å². The van der Waals surface area contributed by atoms with Crippen molar-refractivity contribution in [2.24, 2.45) is 0 Å². The van der Waals surface area contributed by atoms with Crippen LogP contribution in [0, 0.1) is 0 Å². The Balaban J connectivity index is 1.53. The van der Waals surface area contributed by atoms with Crippen LogP contribution in [0.1, 0.15) is 28.8 Å². The second-order valence-corrected chi connectivity index (χ2v) is 10.6. The first kappa shape index (κ1) is 31.9. The van der Waals surface area contributed by atoms with Crippen LogP contribution < -0.4 is 20.1 Å². The van der Waals surface area contributed by atoms with Crippen LogP contribution >= 0.6 is 0 Å². The number of carbonyl (C=O) groups is 4. The molecule has 3 N–H and O–H groups in total. The lowest BCUT2D eigenvalue weighted by Crippen LogP contribution is -2.50. The summed E-state index contributed by atoms with van der Waals surface area (Å²) < 4.78 is 11.6. The van der Waals surface area contributed by atoms with Crippen LogP contribution in [-0.2, 0) is 20.8 Å². The van der Waals surface area contributed by atoms with Gasteiger partial charge in [-0.1, -0.05) is 42.5 Å². The zero-order valence-corrected chi connectivity index (χ0v) is 24.9. The smallest absolute Gasteiger partial charge is 0.255 e. The molecule has 0 aliphatic carbocycles. The summed E-state index contributed by atoms with van der Waals surface area (Å²) in [7, 11) is 3.22. The number of phenols is 1. The van der Waals surface area contributed by atoms with E-state index >= 15 is 0 Å². The number of ether oxygens (including phenoxy) is 2. The molecule has 0 spiro atoms. The minimum atomic E-state index is -1.03. The first-order chi connectivity index (χ1) is 21.2. The molecule has 4 rings (SSSR count). The van der Waals surface area contributed by atoms with Gasteiger partial charge >= 0.3 is 0 Å². The highest BCUT2D eigenvalue weighted by atomic mass is 16.5. The van der Waals surface area contributed by atoms with Gasteiger partial charge in [0.05, 0.1) is 18.7 Å². The van der Waals surface area contributed by atoms with Gasteiger partial charge in [0.1, 0.15) is 42.5 Å². The minimum absolute atomic E-state index is 0.000722. The van der Waals surface area contributed by atoms with E-state index in [0.29, 0.717) is 11.5 Å². The van der Waals surface area contributed by atoms with Crippen molar-refractivity contribution in [1.29, 1.82) is 0 Å². The zero-order chi connectivity index (χ0) is 31.5. The van der Waals surface area contributed by atoms with Crippen LogP contribution in [0.4, 0.5) is 0 Å². The summed E-state index contributed by atoms with van der Waals surface area (Å²) in [4.78, 5) is 56.4. The molecule has 1 aliphatic rings. The van der Waals surface area contributed by atoms with Crippen LogP contribution in [0.3, 0.4) is 0 Å². The number of fused-ring (bicyclic) bond motifs is 1. The molecule has 1 aliphatic heterocycles. The van der Waals surface area contributed by atoms with Gasteiger partial charge in [-0.15, -0.1) is 0 Å². The van der Waals surface area contributed by atoms with Crippen molar-refractivity contribution in [1.82, 2.24) is 20.4 Å². The van der Waals surface area contributed by atoms with Crippen molar-refractivity contribution in [2.45, 2.75) is 31.3 Å². The van der Waals surface area contributed by atoms with Crippen LogP contribution in [0.5, 0.6) is 17.2 Å². The van der Waals surface area contributed by atoms with Crippen molar-refractivity contribution in [2.75, 3.05) is 40.4 Å². The molecule has 3 aromatic rings. The van der Waals surface area contributed by atoms with E-state index in [2.05, 4.69) is 10.6 Å². The Morgan fingerprint density at radius 2 is 1.70 bits per heavy atom. The largest absolute Gasteiger partial charge is 0.508 e. The molecule has 11 nitrogen and oxygen atoms in total. The lowest BCUT2D eigenvalue weighted by Gasteiger charge is -2.26. The third-order valence-electron chi connectivity index (χ3n) is 7.28. The van der Waals surface area contributed by atoms with Gasteiger partial charge in [-0.3, -0.25) is 19.2 Å². The predicted molar refractivity (Wildman–Crippen MR) is 163 cm³/mol. The van der Waals surface area contributed by atoms with Gasteiger partial charge < -0.3 is 35.0 Å². The second kappa shape index (κ2) is 15.4. The van der Waals surface area contributed by atoms with E-state index in [4.69, 9.17) is 9.47 Å². The average molecular weight is 603 g/mol. The molecule has 0 saturated carbocycles. The molecule has 0 radical (unpaired) electrons. The summed E-state index contributed by atoms with van der Waals surface area (Å²) in [6, 6.07) is 20.4. The summed E-state index contributed by atoms with van der Waals surface area (Å²) in [5, 5.41) is 15.3. The molecule has 44 heavy (non-hydrogen) atoms. The number of para-hydroxylation sites is 2. The number of benzene rings is 3. The van der Waals surface area contributed by atoms with E-state index < -0.39 is 23.9 Å². The highest BCUT2D eigenvalue weighted by Gasteiger charge is 2.29. The van der Waals surface area contributed by atoms with Crippen LogP contribution in [0.15, 0.2) is 78.9 Å². The Morgan fingerprint density at radius 3 is 2.45 bits per heavy atom. The third kappa shape index (κ3) is 8.97. The van der Waals surface area contributed by atoms with E-state index in [0.717, 1.165) is 5.56 Å². The van der Waals surface area contributed by atoms with Crippen LogP contribution in [-0.4, -0.2) is 91.0 Å². The Kier molecular flexibility index (Phi) is 11.2. The number of amides is 4. The predicted octanol–water partition coefficient (Wildman–Crippen LogP) is 2.39. The SMILES string of the molecule is CN1CCOc2ccccc2C(=O)N[C@H](C(=O)N(C)CCOc2ccccc2)CCC(=O)N[C@@H](Cc2ccc(O)cc2)C1=O. The number of likely N-dealkylation sites (N-methyl/N-ethyl adjacent to an activating group) is 2. The Morgan fingerprint density at radius 1 is 1.00 bits per heavy atom. The van der Waals surface area contributed by atoms with Crippen molar-refractivity contribution >= 4 is 23.6 Å². The quantitative estimate of drug-likeness (QED) is 0.378. The van der Waals surface area contributed by atoms with Gasteiger partial charge in [-0.25, -0.2) is 0 Å². The Labute approximate surface area is 256 Å². The fourth-order valence-electron chi connectivity index (χ4n) is 4.75. The van der Waals surface area contributed by atoms with E-state index in [1.807, 2.05) is 30.3 Å². The number of carbonyl (C=O) groups excluding carboxylic acids is 4. The van der Waals surface area contributed by atoms with Gasteiger partial charge in [0, 0.05) is 26.9 Å². The molecule has 232 valence electrons. The number of nitrogens with zero attached hydrogens (tertiary/aromatic N) is 2. The number of rotatable bonds is 7. The third-order valence-corrected chi connectivity index (χ3v) is 7.28. The topological polar surface area (TPSA) is 138 Å². The average Bonchev–Trinajstić information content (AvgIpc) is 3.03. The number of hydrogen-bond acceptors (Lipinski definition) is 7. The maximum atomic E-state index is 13.5. The molecule has 0 aromatic heterocycles. The molecule has 0 unspecified atom stereocenters. The summed E-state index contributed by atoms with van der Waals surface area (Å²) in [6.45, 7) is 0.785.